The van der Waals surface area contributed by atoms with Crippen molar-refractivity contribution in [2.45, 2.75) is 18.9 Å². The van der Waals surface area contributed by atoms with Crippen LogP contribution in [-0.2, 0) is 9.63 Å². The van der Waals surface area contributed by atoms with Gasteiger partial charge in [0.15, 0.2) is 0 Å². The Morgan fingerprint density at radius 2 is 2.20 bits per heavy atom. The number of likely N-dealkylation sites (N-methyl/N-ethyl adjacent to an activating group) is 1. The number of aromatic amines is 1. The summed E-state index contributed by atoms with van der Waals surface area (Å²) in [4.78, 5) is 34.1. The van der Waals surface area contributed by atoms with Crippen molar-refractivity contribution in [2.75, 3.05) is 20.7 Å². The second-order valence-corrected chi connectivity index (χ2v) is 6.17. The van der Waals surface area contributed by atoms with Gasteiger partial charge in [0, 0.05) is 13.6 Å². The number of H-pyrrole nitrogens is 1. The average Bonchev–Trinajstić information content (AvgIpc) is 3.04. The van der Waals surface area contributed by atoms with E-state index in [0.717, 1.165) is 16.0 Å². The summed E-state index contributed by atoms with van der Waals surface area (Å²) in [6.45, 7) is 0.570. The second kappa shape index (κ2) is 6.28. The minimum Gasteiger partial charge on any atom is -0.344 e. The lowest BCUT2D eigenvalue weighted by atomic mass is 10.2. The Bertz CT molecular complexity index is 513. The number of nitrogens with one attached hydrogen (secondary N) is 1. The SMILES string of the molecule is CON(C)C(=O)[C@@H]1CCCN1C(=O)c1cc(Br)c(Br)[nH]1. The minimum atomic E-state index is -0.465. The van der Waals surface area contributed by atoms with E-state index in [2.05, 4.69) is 36.8 Å². The molecule has 20 heavy (non-hydrogen) atoms. The van der Waals surface area contributed by atoms with Crippen LogP contribution in [0.2, 0.25) is 0 Å². The van der Waals surface area contributed by atoms with Crippen LogP contribution >= 0.6 is 31.9 Å². The maximum Gasteiger partial charge on any atom is 0.271 e. The highest BCUT2D eigenvalue weighted by atomic mass is 79.9. The zero-order chi connectivity index (χ0) is 14.9. The molecule has 1 fully saturated rings. The summed E-state index contributed by atoms with van der Waals surface area (Å²) in [6, 6.07) is 1.24. The summed E-state index contributed by atoms with van der Waals surface area (Å²) < 4.78 is 1.48. The molecule has 2 amide bonds. The highest BCUT2D eigenvalue weighted by Crippen LogP contribution is 2.26. The van der Waals surface area contributed by atoms with Gasteiger partial charge in [-0.1, -0.05) is 0 Å². The lowest BCUT2D eigenvalue weighted by molar-refractivity contribution is -0.172. The molecular weight excluding hydrogens is 394 g/mol. The normalized spacial score (nSPS) is 18.4. The van der Waals surface area contributed by atoms with E-state index in [1.54, 1.807) is 18.0 Å². The summed E-state index contributed by atoms with van der Waals surface area (Å²) in [5, 5.41) is 1.16. The van der Waals surface area contributed by atoms with Gasteiger partial charge in [-0.3, -0.25) is 14.4 Å². The molecule has 8 heteroatoms. The number of amides is 2. The van der Waals surface area contributed by atoms with Crippen LogP contribution in [0.1, 0.15) is 23.3 Å². The quantitative estimate of drug-likeness (QED) is 0.779. The molecule has 1 aromatic rings. The van der Waals surface area contributed by atoms with Gasteiger partial charge in [-0.15, -0.1) is 0 Å². The highest BCUT2D eigenvalue weighted by Gasteiger charge is 2.36. The first-order chi connectivity index (χ1) is 9.45. The standard InChI is InChI=1S/C12H15Br2N3O3/c1-16(20-2)12(19)9-4-3-5-17(9)11(18)8-6-7(13)10(14)15-8/h6,9,15H,3-5H2,1-2H3/t9-/m0/s1. The predicted octanol–water partition coefficient (Wildman–Crippen LogP) is 2.16. The van der Waals surface area contributed by atoms with Crippen molar-refractivity contribution in [1.29, 1.82) is 0 Å². The number of hydrogen-bond acceptors (Lipinski definition) is 3. The Labute approximate surface area is 133 Å². The number of rotatable bonds is 3. The van der Waals surface area contributed by atoms with E-state index < -0.39 is 6.04 Å². The van der Waals surface area contributed by atoms with E-state index in [0.29, 0.717) is 23.3 Å². The summed E-state index contributed by atoms with van der Waals surface area (Å²) in [6.07, 6.45) is 1.46. The smallest absolute Gasteiger partial charge is 0.271 e. The maximum atomic E-state index is 12.5. The largest absolute Gasteiger partial charge is 0.344 e. The van der Waals surface area contributed by atoms with Gasteiger partial charge >= 0.3 is 0 Å². The first-order valence-electron chi connectivity index (χ1n) is 6.12. The Balaban J connectivity index is 2.18. The molecule has 0 aromatic carbocycles. The van der Waals surface area contributed by atoms with Crippen molar-refractivity contribution >= 4 is 43.7 Å². The molecule has 1 N–H and O–H groups in total. The van der Waals surface area contributed by atoms with Gasteiger partial charge in [0.05, 0.1) is 16.2 Å². The summed E-state index contributed by atoms with van der Waals surface area (Å²) in [5.74, 6) is -0.389. The lowest BCUT2D eigenvalue weighted by Gasteiger charge is -2.26. The van der Waals surface area contributed by atoms with Crippen LogP contribution in [0, 0.1) is 0 Å². The molecule has 0 radical (unpaired) electrons. The maximum absolute atomic E-state index is 12.5. The van der Waals surface area contributed by atoms with Crippen LogP contribution in [-0.4, -0.2) is 53.5 Å². The third-order valence-electron chi connectivity index (χ3n) is 3.34. The van der Waals surface area contributed by atoms with Gasteiger partial charge in [0.2, 0.25) is 0 Å². The van der Waals surface area contributed by atoms with E-state index in [1.807, 2.05) is 0 Å². The molecule has 1 saturated heterocycles. The molecule has 0 bridgehead atoms. The van der Waals surface area contributed by atoms with E-state index >= 15 is 0 Å². The third-order valence-corrected chi connectivity index (χ3v) is 5.12. The van der Waals surface area contributed by atoms with E-state index in [9.17, 15) is 9.59 Å². The summed E-state index contributed by atoms with van der Waals surface area (Å²) in [7, 11) is 2.98. The first kappa shape index (κ1) is 15.5. The van der Waals surface area contributed by atoms with Crippen molar-refractivity contribution < 1.29 is 14.4 Å². The van der Waals surface area contributed by atoms with Crippen LogP contribution in [0.5, 0.6) is 0 Å². The predicted molar refractivity (Wildman–Crippen MR) is 80.0 cm³/mol. The van der Waals surface area contributed by atoms with Crippen molar-refractivity contribution in [3.63, 3.8) is 0 Å². The fourth-order valence-corrected chi connectivity index (χ4v) is 2.90. The molecule has 2 rings (SSSR count). The molecule has 0 aliphatic carbocycles. The molecule has 1 aliphatic heterocycles. The van der Waals surface area contributed by atoms with Gasteiger partial charge in [0.25, 0.3) is 11.8 Å². The van der Waals surface area contributed by atoms with E-state index in [1.165, 1.54) is 7.11 Å². The summed E-state index contributed by atoms with van der Waals surface area (Å²) >= 11 is 6.63. The Morgan fingerprint density at radius 1 is 1.50 bits per heavy atom. The number of hydrogen-bond donors (Lipinski definition) is 1. The van der Waals surface area contributed by atoms with Crippen LogP contribution in [0.4, 0.5) is 0 Å². The number of halogens is 2. The Morgan fingerprint density at radius 3 is 2.75 bits per heavy atom. The van der Waals surface area contributed by atoms with Crippen LogP contribution in [0.25, 0.3) is 0 Å². The van der Waals surface area contributed by atoms with E-state index in [-0.39, 0.29) is 11.8 Å². The Kier molecular flexibility index (Phi) is 4.87. The molecule has 110 valence electrons. The van der Waals surface area contributed by atoms with Gasteiger partial charge in [-0.25, -0.2) is 5.06 Å². The number of carbonyl (C=O) groups is 2. The van der Waals surface area contributed by atoms with Crippen molar-refractivity contribution in [2.24, 2.45) is 0 Å². The molecule has 0 unspecified atom stereocenters. The fraction of sp³-hybridized carbons (Fsp3) is 0.500. The van der Waals surface area contributed by atoms with Gasteiger partial charge in [-0.2, -0.15) is 0 Å². The monoisotopic (exact) mass is 407 g/mol. The number of hydroxylamine groups is 2. The zero-order valence-electron chi connectivity index (χ0n) is 11.2. The molecule has 1 aromatic heterocycles. The molecule has 0 spiro atoms. The molecule has 1 atom stereocenters. The minimum absolute atomic E-state index is 0.184. The zero-order valence-corrected chi connectivity index (χ0v) is 14.3. The van der Waals surface area contributed by atoms with Gasteiger partial charge in [-0.05, 0) is 50.8 Å². The fourth-order valence-electron chi connectivity index (χ4n) is 2.24. The molecule has 2 heterocycles. The molecule has 1 aliphatic rings. The van der Waals surface area contributed by atoms with Crippen LogP contribution < -0.4 is 0 Å². The van der Waals surface area contributed by atoms with Crippen molar-refractivity contribution in [3.8, 4) is 0 Å². The van der Waals surface area contributed by atoms with Crippen LogP contribution in [0.3, 0.4) is 0 Å². The highest BCUT2D eigenvalue weighted by molar-refractivity contribution is 9.13. The van der Waals surface area contributed by atoms with Crippen LogP contribution in [0.15, 0.2) is 15.1 Å². The van der Waals surface area contributed by atoms with Crippen molar-refractivity contribution in [1.82, 2.24) is 14.9 Å². The van der Waals surface area contributed by atoms with Crippen molar-refractivity contribution in [3.05, 3.63) is 20.8 Å². The van der Waals surface area contributed by atoms with Gasteiger partial charge < -0.3 is 9.88 Å². The molecule has 0 saturated carbocycles. The Hall–Kier alpha value is -0.860. The average molecular weight is 409 g/mol. The third kappa shape index (κ3) is 2.91. The lowest BCUT2D eigenvalue weighted by Crippen LogP contribution is -2.46. The topological polar surface area (TPSA) is 65.6 Å². The second-order valence-electron chi connectivity index (χ2n) is 4.52. The molecule has 6 nitrogen and oxygen atoms in total. The number of carbonyl (C=O) groups excluding carboxylic acids is 2. The summed E-state index contributed by atoms with van der Waals surface area (Å²) in [5.41, 5.74) is 0.448. The number of nitrogens with zero attached hydrogens (tertiary/aromatic N) is 2. The first-order valence-corrected chi connectivity index (χ1v) is 7.71. The molecular formula is C12H15Br2N3O3. The van der Waals surface area contributed by atoms with Gasteiger partial charge in [0.1, 0.15) is 11.7 Å². The number of likely N-dealkylation sites (tertiary alicyclic amines) is 1. The van der Waals surface area contributed by atoms with E-state index in [4.69, 9.17) is 4.84 Å². The number of aromatic nitrogens is 1.